The Morgan fingerprint density at radius 2 is 1.81 bits per heavy atom. The number of aromatic nitrogens is 3. The highest BCUT2D eigenvalue weighted by Gasteiger charge is 2.16. The van der Waals surface area contributed by atoms with Gasteiger partial charge >= 0.3 is 0 Å². The number of nitrogens with zero attached hydrogens (tertiary/aromatic N) is 6. The van der Waals surface area contributed by atoms with Gasteiger partial charge in [0.1, 0.15) is 0 Å². The van der Waals surface area contributed by atoms with Gasteiger partial charge in [0.2, 0.25) is 17.8 Å². The Kier molecular flexibility index (Phi) is 6.32. The lowest BCUT2D eigenvalue weighted by Gasteiger charge is -2.27. The third-order valence-electron chi connectivity index (χ3n) is 4.52. The van der Waals surface area contributed by atoms with Crippen LogP contribution in [0.25, 0.3) is 0 Å². The van der Waals surface area contributed by atoms with Crippen LogP contribution in [0.1, 0.15) is 5.56 Å². The lowest BCUT2D eigenvalue weighted by molar-refractivity contribution is -0.385. The first-order valence-electron chi connectivity index (χ1n) is 9.74. The number of non-ortho nitro benzene ring substituents is 1. The highest BCUT2D eigenvalue weighted by molar-refractivity contribution is 5.84. The molecule has 2 aromatic carbocycles. The van der Waals surface area contributed by atoms with Gasteiger partial charge in [-0.05, 0) is 17.7 Å². The van der Waals surface area contributed by atoms with Gasteiger partial charge in [-0.15, -0.1) is 0 Å². The zero-order chi connectivity index (χ0) is 22.3. The van der Waals surface area contributed by atoms with Crippen molar-refractivity contribution in [3.63, 3.8) is 0 Å². The molecule has 1 saturated heterocycles. The number of morpholine rings is 1. The summed E-state index contributed by atoms with van der Waals surface area (Å²) in [6, 6.07) is 12.9. The summed E-state index contributed by atoms with van der Waals surface area (Å²) in [5, 5.41) is 30.0. The first kappa shape index (κ1) is 20.9. The minimum Gasteiger partial charge on any atom is -0.872 e. The normalized spacial score (nSPS) is 13.8. The molecule has 0 atom stereocenters. The van der Waals surface area contributed by atoms with E-state index in [9.17, 15) is 15.2 Å². The maximum absolute atomic E-state index is 11.9. The van der Waals surface area contributed by atoms with E-state index in [1.807, 2.05) is 35.2 Å². The van der Waals surface area contributed by atoms with Crippen LogP contribution in [0.2, 0.25) is 0 Å². The van der Waals surface area contributed by atoms with Crippen LogP contribution in [0.4, 0.5) is 29.2 Å². The lowest BCUT2D eigenvalue weighted by Crippen LogP contribution is -2.37. The second-order valence-corrected chi connectivity index (χ2v) is 6.72. The second-order valence-electron chi connectivity index (χ2n) is 6.72. The van der Waals surface area contributed by atoms with Gasteiger partial charge in [-0.25, -0.2) is 5.43 Å². The van der Waals surface area contributed by atoms with E-state index in [2.05, 4.69) is 30.8 Å². The van der Waals surface area contributed by atoms with E-state index in [0.717, 1.165) is 23.9 Å². The molecule has 0 bridgehead atoms. The van der Waals surface area contributed by atoms with E-state index in [-0.39, 0.29) is 17.2 Å². The Morgan fingerprint density at radius 3 is 2.56 bits per heavy atom. The molecule has 0 spiro atoms. The summed E-state index contributed by atoms with van der Waals surface area (Å²) >= 11 is 0. The Bertz CT molecular complexity index is 1120. The topological polar surface area (TPSA) is 154 Å². The summed E-state index contributed by atoms with van der Waals surface area (Å²) in [6.07, 6.45) is 1.19. The molecule has 0 aliphatic carbocycles. The number of anilines is 4. The number of para-hydroxylation sites is 1. The quantitative estimate of drug-likeness (QED) is 0.319. The highest BCUT2D eigenvalue weighted by Crippen LogP contribution is 2.20. The molecule has 12 heteroatoms. The fourth-order valence-corrected chi connectivity index (χ4v) is 2.94. The van der Waals surface area contributed by atoms with Crippen LogP contribution in [0.5, 0.6) is 5.75 Å². The number of hydrogen-bond acceptors (Lipinski definition) is 11. The van der Waals surface area contributed by atoms with Gasteiger partial charge in [-0.1, -0.05) is 30.0 Å². The van der Waals surface area contributed by atoms with Crippen LogP contribution in [0, 0.1) is 10.1 Å². The molecule has 0 unspecified atom stereocenters. The maximum Gasteiger partial charge on any atom is 0.270 e. The third kappa shape index (κ3) is 5.23. The molecular weight excluding hydrogens is 416 g/mol. The number of nitrogens with one attached hydrogen (secondary N) is 2. The highest BCUT2D eigenvalue weighted by atomic mass is 16.6. The molecule has 3 aromatic rings. The van der Waals surface area contributed by atoms with Crippen LogP contribution in [-0.4, -0.2) is 52.4 Å². The van der Waals surface area contributed by atoms with Crippen LogP contribution in [-0.2, 0) is 4.74 Å². The molecule has 2 heterocycles. The number of nitro groups is 1. The van der Waals surface area contributed by atoms with Crippen molar-refractivity contribution in [2.24, 2.45) is 5.10 Å². The summed E-state index contributed by atoms with van der Waals surface area (Å²) in [5.74, 6) is 0.510. The van der Waals surface area contributed by atoms with Crippen molar-refractivity contribution in [2.75, 3.05) is 41.9 Å². The summed E-state index contributed by atoms with van der Waals surface area (Å²) in [4.78, 5) is 25.5. The smallest absolute Gasteiger partial charge is 0.270 e. The van der Waals surface area contributed by atoms with Crippen molar-refractivity contribution in [3.05, 3.63) is 64.2 Å². The van der Waals surface area contributed by atoms with Gasteiger partial charge in [-0.3, -0.25) is 10.1 Å². The first-order valence-corrected chi connectivity index (χ1v) is 9.74. The zero-order valence-electron chi connectivity index (χ0n) is 16.8. The SMILES string of the molecule is O=[N+]([O-])c1ccc([O-])c(/C=N\Nc2nc(Nc3ccccc3)nc(N3CCOCC3)n2)c1. The van der Waals surface area contributed by atoms with E-state index in [1.165, 1.54) is 6.21 Å². The standard InChI is InChI=1S/C20H20N8O4/c29-17-7-6-16(28(30)31)12-14(17)13-21-26-19-23-18(22-15-4-2-1-3-5-15)24-20(25-19)27-8-10-32-11-9-27/h1-7,12-13,29H,8-11H2,(H2,22,23,24,25,26)/p-1/b21-13-. The number of hydrazone groups is 1. The van der Waals surface area contributed by atoms with Crippen LogP contribution in [0.3, 0.4) is 0 Å². The molecule has 1 aliphatic rings. The van der Waals surface area contributed by atoms with E-state index in [1.54, 1.807) is 0 Å². The minimum atomic E-state index is -0.577. The molecule has 4 rings (SSSR count). The molecule has 1 aromatic heterocycles. The van der Waals surface area contributed by atoms with E-state index >= 15 is 0 Å². The van der Waals surface area contributed by atoms with Gasteiger partial charge in [0.15, 0.2) is 0 Å². The van der Waals surface area contributed by atoms with E-state index < -0.39 is 10.7 Å². The van der Waals surface area contributed by atoms with Crippen molar-refractivity contribution in [2.45, 2.75) is 0 Å². The third-order valence-corrected chi connectivity index (χ3v) is 4.52. The minimum absolute atomic E-state index is 0.0665. The predicted octanol–water partition coefficient (Wildman–Crippen LogP) is 1.88. The van der Waals surface area contributed by atoms with Crippen molar-refractivity contribution < 1.29 is 14.8 Å². The van der Waals surface area contributed by atoms with Crippen molar-refractivity contribution >= 4 is 35.4 Å². The average molecular weight is 435 g/mol. The van der Waals surface area contributed by atoms with E-state index in [0.29, 0.717) is 38.2 Å². The maximum atomic E-state index is 11.9. The molecule has 0 amide bonds. The molecular formula is C20H19N8O4-. The Labute approximate surface area is 182 Å². The molecule has 12 nitrogen and oxygen atoms in total. The van der Waals surface area contributed by atoms with Gasteiger partial charge in [-0.2, -0.15) is 20.1 Å². The number of rotatable bonds is 7. The van der Waals surface area contributed by atoms with Gasteiger partial charge < -0.3 is 20.1 Å². The Balaban J connectivity index is 1.58. The summed E-state index contributed by atoms with van der Waals surface area (Å²) in [6.45, 7) is 2.38. The van der Waals surface area contributed by atoms with Crippen LogP contribution in [0.15, 0.2) is 53.6 Å². The number of ether oxygens (including phenoxy) is 1. The summed E-state index contributed by atoms with van der Waals surface area (Å²) < 4.78 is 5.38. The summed E-state index contributed by atoms with van der Waals surface area (Å²) in [5.41, 5.74) is 3.34. The molecule has 0 radical (unpaired) electrons. The summed E-state index contributed by atoms with van der Waals surface area (Å²) in [7, 11) is 0. The van der Waals surface area contributed by atoms with Crippen molar-refractivity contribution in [1.82, 2.24) is 15.0 Å². The Hall–Kier alpha value is -4.32. The monoisotopic (exact) mass is 435 g/mol. The van der Waals surface area contributed by atoms with Gasteiger partial charge in [0, 0.05) is 30.9 Å². The first-order chi connectivity index (χ1) is 15.6. The molecule has 0 saturated carbocycles. The van der Waals surface area contributed by atoms with Crippen LogP contribution >= 0.6 is 0 Å². The lowest BCUT2D eigenvalue weighted by atomic mass is 10.2. The predicted molar refractivity (Wildman–Crippen MR) is 116 cm³/mol. The fraction of sp³-hybridized carbons (Fsp3) is 0.200. The molecule has 2 N–H and O–H groups in total. The molecule has 164 valence electrons. The van der Waals surface area contributed by atoms with Gasteiger partial charge in [0.25, 0.3) is 5.69 Å². The number of nitro benzene ring substituents is 1. The number of hydrogen-bond donors (Lipinski definition) is 2. The average Bonchev–Trinajstić information content (AvgIpc) is 2.81. The number of benzene rings is 2. The zero-order valence-corrected chi connectivity index (χ0v) is 16.8. The van der Waals surface area contributed by atoms with Crippen LogP contribution < -0.4 is 20.7 Å². The molecule has 32 heavy (non-hydrogen) atoms. The Morgan fingerprint density at radius 1 is 1.06 bits per heavy atom. The van der Waals surface area contributed by atoms with Crippen molar-refractivity contribution in [3.8, 4) is 5.75 Å². The molecule has 1 aliphatic heterocycles. The van der Waals surface area contributed by atoms with Gasteiger partial charge in [0.05, 0.1) is 24.4 Å². The van der Waals surface area contributed by atoms with E-state index in [4.69, 9.17) is 4.74 Å². The largest absolute Gasteiger partial charge is 0.872 e. The second kappa shape index (κ2) is 9.66. The van der Waals surface area contributed by atoms with Crippen molar-refractivity contribution in [1.29, 1.82) is 0 Å². The fourth-order valence-electron chi connectivity index (χ4n) is 2.94. The molecule has 1 fully saturated rings.